The molecule has 0 radical (unpaired) electrons. The largest absolute Gasteiger partial charge is 0.338 e. The van der Waals surface area contributed by atoms with E-state index in [1.807, 2.05) is 13.0 Å². The third-order valence-corrected chi connectivity index (χ3v) is 4.19. The van der Waals surface area contributed by atoms with Crippen LogP contribution in [0, 0.1) is 12.8 Å². The predicted octanol–water partition coefficient (Wildman–Crippen LogP) is 1.61. The summed E-state index contributed by atoms with van der Waals surface area (Å²) in [6, 6.07) is 3.69. The van der Waals surface area contributed by atoms with Crippen molar-refractivity contribution in [3.63, 3.8) is 0 Å². The van der Waals surface area contributed by atoms with Crippen LogP contribution in [0.2, 0.25) is 0 Å². The molecule has 1 unspecified atom stereocenters. The third kappa shape index (κ3) is 3.61. The van der Waals surface area contributed by atoms with E-state index in [2.05, 4.69) is 15.4 Å². The standard InChI is InChI=1S/C17H21N5O2/c1-12-5-6-15(18-8-12)20-16(23)13-4-3-7-22(11-13)17(24)14-9-19-21(2)10-14/h5-6,8-10,13H,3-4,7,11H2,1-2H3,(H,18,20,23). The zero-order valence-corrected chi connectivity index (χ0v) is 13.9. The highest BCUT2D eigenvalue weighted by Crippen LogP contribution is 2.20. The minimum Gasteiger partial charge on any atom is -0.338 e. The molecule has 0 aliphatic carbocycles. The van der Waals surface area contributed by atoms with Crippen LogP contribution in [0.25, 0.3) is 0 Å². The van der Waals surface area contributed by atoms with Crippen molar-refractivity contribution in [1.29, 1.82) is 0 Å². The molecular formula is C17H21N5O2. The van der Waals surface area contributed by atoms with Crippen LogP contribution in [-0.4, -0.2) is 44.6 Å². The molecule has 126 valence electrons. The summed E-state index contributed by atoms with van der Waals surface area (Å²) in [4.78, 5) is 30.9. The number of anilines is 1. The second-order valence-corrected chi connectivity index (χ2v) is 6.20. The summed E-state index contributed by atoms with van der Waals surface area (Å²) in [5, 5.41) is 6.87. The molecule has 1 N–H and O–H groups in total. The summed E-state index contributed by atoms with van der Waals surface area (Å²) in [6.07, 6.45) is 6.55. The van der Waals surface area contributed by atoms with Gasteiger partial charge in [0.2, 0.25) is 5.91 Å². The Balaban J connectivity index is 1.63. The Morgan fingerprint density at radius 1 is 1.29 bits per heavy atom. The molecule has 2 amide bonds. The smallest absolute Gasteiger partial charge is 0.257 e. The van der Waals surface area contributed by atoms with Gasteiger partial charge in [-0.2, -0.15) is 5.10 Å². The van der Waals surface area contributed by atoms with Gasteiger partial charge in [0, 0.05) is 32.5 Å². The number of likely N-dealkylation sites (tertiary alicyclic amines) is 1. The number of carbonyl (C=O) groups excluding carboxylic acids is 2. The van der Waals surface area contributed by atoms with Crippen molar-refractivity contribution in [2.75, 3.05) is 18.4 Å². The zero-order chi connectivity index (χ0) is 17.1. The number of hydrogen-bond acceptors (Lipinski definition) is 4. The van der Waals surface area contributed by atoms with Gasteiger partial charge in [-0.15, -0.1) is 0 Å². The lowest BCUT2D eigenvalue weighted by Gasteiger charge is -2.31. The number of carbonyl (C=O) groups is 2. The molecule has 7 heteroatoms. The first-order valence-corrected chi connectivity index (χ1v) is 8.04. The first-order chi connectivity index (χ1) is 11.5. The number of nitrogens with one attached hydrogen (secondary N) is 1. The van der Waals surface area contributed by atoms with E-state index in [1.54, 1.807) is 41.3 Å². The van der Waals surface area contributed by atoms with Gasteiger partial charge in [0.1, 0.15) is 5.82 Å². The molecule has 1 atom stereocenters. The molecule has 1 aliphatic rings. The van der Waals surface area contributed by atoms with Crippen LogP contribution in [0.4, 0.5) is 5.82 Å². The van der Waals surface area contributed by atoms with Gasteiger partial charge >= 0.3 is 0 Å². The molecule has 1 fully saturated rings. The number of hydrogen-bond donors (Lipinski definition) is 1. The number of nitrogens with zero attached hydrogens (tertiary/aromatic N) is 4. The predicted molar refractivity (Wildman–Crippen MR) is 89.4 cm³/mol. The first-order valence-electron chi connectivity index (χ1n) is 8.04. The Bertz CT molecular complexity index is 738. The molecule has 2 aromatic rings. The zero-order valence-electron chi connectivity index (χ0n) is 13.9. The third-order valence-electron chi connectivity index (χ3n) is 4.19. The molecule has 7 nitrogen and oxygen atoms in total. The minimum absolute atomic E-state index is 0.0749. The molecule has 3 rings (SSSR count). The van der Waals surface area contributed by atoms with Crippen molar-refractivity contribution in [3.05, 3.63) is 41.9 Å². The molecule has 24 heavy (non-hydrogen) atoms. The van der Waals surface area contributed by atoms with E-state index >= 15 is 0 Å². The van der Waals surface area contributed by atoms with Crippen molar-refractivity contribution in [3.8, 4) is 0 Å². The lowest BCUT2D eigenvalue weighted by molar-refractivity contribution is -0.121. The summed E-state index contributed by atoms with van der Waals surface area (Å²) < 4.78 is 1.60. The van der Waals surface area contributed by atoms with Crippen LogP contribution in [0.3, 0.4) is 0 Å². The van der Waals surface area contributed by atoms with Crippen molar-refractivity contribution < 1.29 is 9.59 Å². The van der Waals surface area contributed by atoms with Crippen LogP contribution in [0.15, 0.2) is 30.7 Å². The maximum absolute atomic E-state index is 12.5. The fourth-order valence-electron chi connectivity index (χ4n) is 2.86. The highest BCUT2D eigenvalue weighted by Gasteiger charge is 2.29. The van der Waals surface area contributed by atoms with Gasteiger partial charge in [0.25, 0.3) is 5.91 Å². The minimum atomic E-state index is -0.220. The summed E-state index contributed by atoms with van der Waals surface area (Å²) in [6.45, 7) is 3.04. The van der Waals surface area contributed by atoms with Crippen molar-refractivity contribution >= 4 is 17.6 Å². The van der Waals surface area contributed by atoms with E-state index in [-0.39, 0.29) is 17.7 Å². The Morgan fingerprint density at radius 3 is 2.79 bits per heavy atom. The monoisotopic (exact) mass is 327 g/mol. The molecule has 1 aliphatic heterocycles. The highest BCUT2D eigenvalue weighted by molar-refractivity contribution is 5.95. The van der Waals surface area contributed by atoms with Crippen molar-refractivity contribution in [1.82, 2.24) is 19.7 Å². The second-order valence-electron chi connectivity index (χ2n) is 6.20. The lowest BCUT2D eigenvalue weighted by Crippen LogP contribution is -2.43. The van der Waals surface area contributed by atoms with Crippen LogP contribution >= 0.6 is 0 Å². The summed E-state index contributed by atoms with van der Waals surface area (Å²) in [5.74, 6) is 0.160. The highest BCUT2D eigenvalue weighted by atomic mass is 16.2. The van der Waals surface area contributed by atoms with Gasteiger partial charge in [-0.05, 0) is 31.4 Å². The normalized spacial score (nSPS) is 17.6. The summed E-state index contributed by atoms with van der Waals surface area (Å²) >= 11 is 0. The summed E-state index contributed by atoms with van der Waals surface area (Å²) in [5.41, 5.74) is 1.60. The Morgan fingerprint density at radius 2 is 2.12 bits per heavy atom. The van der Waals surface area contributed by atoms with Gasteiger partial charge in [0.15, 0.2) is 0 Å². The van der Waals surface area contributed by atoms with Gasteiger partial charge in [-0.3, -0.25) is 14.3 Å². The van der Waals surface area contributed by atoms with Gasteiger partial charge in [-0.1, -0.05) is 6.07 Å². The van der Waals surface area contributed by atoms with Gasteiger partial charge in [0.05, 0.1) is 17.7 Å². The van der Waals surface area contributed by atoms with Gasteiger partial charge < -0.3 is 10.2 Å². The molecule has 0 bridgehead atoms. The molecule has 1 saturated heterocycles. The SMILES string of the molecule is Cc1ccc(NC(=O)C2CCCN(C(=O)c3cnn(C)c3)C2)nc1. The summed E-state index contributed by atoms with van der Waals surface area (Å²) in [7, 11) is 1.78. The molecule has 0 saturated carbocycles. The van der Waals surface area contributed by atoms with E-state index in [0.29, 0.717) is 24.5 Å². The van der Waals surface area contributed by atoms with E-state index < -0.39 is 0 Å². The van der Waals surface area contributed by atoms with E-state index in [9.17, 15) is 9.59 Å². The number of pyridine rings is 1. The van der Waals surface area contributed by atoms with Gasteiger partial charge in [-0.25, -0.2) is 4.98 Å². The Kier molecular flexibility index (Phi) is 4.59. The van der Waals surface area contributed by atoms with E-state index in [1.165, 1.54) is 0 Å². The molecule has 2 aromatic heterocycles. The molecular weight excluding hydrogens is 306 g/mol. The van der Waals surface area contributed by atoms with Crippen molar-refractivity contribution in [2.24, 2.45) is 13.0 Å². The van der Waals surface area contributed by atoms with Crippen LogP contribution in [0.1, 0.15) is 28.8 Å². The van der Waals surface area contributed by atoms with E-state index in [0.717, 1.165) is 18.4 Å². The first kappa shape index (κ1) is 16.2. The lowest BCUT2D eigenvalue weighted by atomic mass is 9.96. The number of amides is 2. The maximum Gasteiger partial charge on any atom is 0.257 e. The average Bonchev–Trinajstić information content (AvgIpc) is 3.03. The number of aryl methyl sites for hydroxylation is 2. The van der Waals surface area contributed by atoms with Crippen LogP contribution in [-0.2, 0) is 11.8 Å². The molecule has 0 aromatic carbocycles. The van der Waals surface area contributed by atoms with Crippen LogP contribution < -0.4 is 5.32 Å². The maximum atomic E-state index is 12.5. The topological polar surface area (TPSA) is 80.1 Å². The number of aromatic nitrogens is 3. The molecule has 0 spiro atoms. The number of piperidine rings is 1. The Labute approximate surface area is 140 Å². The fraction of sp³-hybridized carbons (Fsp3) is 0.412. The molecule has 3 heterocycles. The van der Waals surface area contributed by atoms with E-state index in [4.69, 9.17) is 0 Å². The number of rotatable bonds is 3. The Hall–Kier alpha value is -2.70. The fourth-order valence-corrected chi connectivity index (χ4v) is 2.86. The quantitative estimate of drug-likeness (QED) is 0.929. The second kappa shape index (κ2) is 6.82. The average molecular weight is 327 g/mol. The van der Waals surface area contributed by atoms with Crippen molar-refractivity contribution in [2.45, 2.75) is 19.8 Å². The van der Waals surface area contributed by atoms with Crippen LogP contribution in [0.5, 0.6) is 0 Å².